The zero-order valence-corrected chi connectivity index (χ0v) is 15.8. The Hall–Kier alpha value is -1.03. The summed E-state index contributed by atoms with van der Waals surface area (Å²) in [7, 11) is 0. The van der Waals surface area contributed by atoms with Crippen molar-refractivity contribution in [3.8, 4) is 0 Å². The van der Waals surface area contributed by atoms with Crippen LogP contribution in [0.2, 0.25) is 0 Å². The third kappa shape index (κ3) is 9.65. The Morgan fingerprint density at radius 1 is 1.26 bits per heavy atom. The quantitative estimate of drug-likeness (QED) is 0.296. The monoisotopic (exact) mass is 322 g/mol. The van der Waals surface area contributed by atoms with Gasteiger partial charge in [-0.2, -0.15) is 0 Å². The molecule has 23 heavy (non-hydrogen) atoms. The molecule has 0 bridgehead atoms. The summed E-state index contributed by atoms with van der Waals surface area (Å²) in [5, 5.41) is 7.00. The minimum absolute atomic E-state index is 0.546. The van der Waals surface area contributed by atoms with Crippen LogP contribution in [0.15, 0.2) is 17.1 Å². The Labute approximate surface area is 143 Å². The number of likely N-dealkylation sites (tertiary alicyclic amines) is 1. The molecule has 1 heterocycles. The van der Waals surface area contributed by atoms with Gasteiger partial charge in [0.1, 0.15) is 0 Å². The highest BCUT2D eigenvalue weighted by Gasteiger charge is 2.19. The normalized spacial score (nSPS) is 17.5. The molecule has 2 N–H and O–H groups in total. The molecule has 134 valence electrons. The van der Waals surface area contributed by atoms with E-state index >= 15 is 0 Å². The van der Waals surface area contributed by atoms with Gasteiger partial charge in [-0.3, -0.25) is 9.89 Å². The molecule has 0 aliphatic carbocycles. The molecule has 0 saturated carbocycles. The lowest BCUT2D eigenvalue weighted by Crippen LogP contribution is -2.48. The first-order valence-corrected chi connectivity index (χ1v) is 9.42. The van der Waals surface area contributed by atoms with E-state index in [1.165, 1.54) is 37.7 Å². The standard InChI is InChI=1S/C19H38N4/c1-6-20-19(21-12-8-7-9-16(2)3)22-18-10-13-23(14-11-18)15-17(4)5/h16,18H,4,6-15H2,1-3,5H3,(H2,20,21,22). The molecule has 0 radical (unpaired) electrons. The van der Waals surface area contributed by atoms with Gasteiger partial charge in [-0.05, 0) is 39.0 Å². The van der Waals surface area contributed by atoms with Gasteiger partial charge in [0, 0.05) is 38.8 Å². The van der Waals surface area contributed by atoms with Crippen molar-refractivity contribution in [2.75, 3.05) is 32.7 Å². The average molecular weight is 323 g/mol. The van der Waals surface area contributed by atoms with E-state index < -0.39 is 0 Å². The molecule has 4 nitrogen and oxygen atoms in total. The minimum atomic E-state index is 0.546. The lowest BCUT2D eigenvalue weighted by Gasteiger charge is -2.33. The zero-order valence-electron chi connectivity index (χ0n) is 15.8. The van der Waals surface area contributed by atoms with Crippen LogP contribution in [-0.4, -0.2) is 49.6 Å². The number of aliphatic imine (C=N–C) groups is 1. The fraction of sp³-hybridized carbons (Fsp3) is 0.842. The molecule has 0 aromatic heterocycles. The highest BCUT2D eigenvalue weighted by atomic mass is 15.2. The smallest absolute Gasteiger partial charge is 0.191 e. The van der Waals surface area contributed by atoms with Crippen molar-refractivity contribution in [3.05, 3.63) is 12.2 Å². The van der Waals surface area contributed by atoms with Gasteiger partial charge in [0.25, 0.3) is 0 Å². The zero-order chi connectivity index (χ0) is 17.1. The highest BCUT2D eigenvalue weighted by Crippen LogP contribution is 2.11. The SMILES string of the molecule is C=C(C)CN1CCC(NC(=NCCCCC(C)C)NCC)CC1. The summed E-state index contributed by atoms with van der Waals surface area (Å²) in [5.41, 5.74) is 1.26. The first-order valence-electron chi connectivity index (χ1n) is 9.42. The second-order valence-corrected chi connectivity index (χ2v) is 7.30. The molecular weight excluding hydrogens is 284 g/mol. The van der Waals surface area contributed by atoms with Crippen molar-refractivity contribution in [3.63, 3.8) is 0 Å². The second-order valence-electron chi connectivity index (χ2n) is 7.30. The first-order chi connectivity index (χ1) is 11.0. The molecular formula is C19H38N4. The molecule has 1 saturated heterocycles. The maximum atomic E-state index is 4.74. The number of nitrogens with zero attached hydrogens (tertiary/aromatic N) is 2. The van der Waals surface area contributed by atoms with E-state index in [0.29, 0.717) is 6.04 Å². The lowest BCUT2D eigenvalue weighted by molar-refractivity contribution is 0.221. The van der Waals surface area contributed by atoms with Gasteiger partial charge in [0.05, 0.1) is 0 Å². The van der Waals surface area contributed by atoms with Crippen LogP contribution in [0.5, 0.6) is 0 Å². The molecule has 1 aliphatic rings. The molecule has 0 amide bonds. The number of hydrogen-bond acceptors (Lipinski definition) is 2. The molecule has 0 unspecified atom stereocenters. The van der Waals surface area contributed by atoms with Gasteiger partial charge >= 0.3 is 0 Å². The predicted molar refractivity (Wildman–Crippen MR) is 102 cm³/mol. The number of unbranched alkanes of at least 4 members (excludes halogenated alkanes) is 1. The van der Waals surface area contributed by atoms with Crippen molar-refractivity contribution in [2.24, 2.45) is 10.9 Å². The summed E-state index contributed by atoms with van der Waals surface area (Å²) in [6.07, 6.45) is 6.14. The van der Waals surface area contributed by atoms with Crippen molar-refractivity contribution in [1.29, 1.82) is 0 Å². The van der Waals surface area contributed by atoms with E-state index in [4.69, 9.17) is 4.99 Å². The molecule has 4 heteroatoms. The number of nitrogens with one attached hydrogen (secondary N) is 2. The summed E-state index contributed by atoms with van der Waals surface area (Å²) < 4.78 is 0. The Morgan fingerprint density at radius 3 is 2.52 bits per heavy atom. The van der Waals surface area contributed by atoms with Crippen LogP contribution in [0.1, 0.15) is 59.8 Å². The van der Waals surface area contributed by atoms with Gasteiger partial charge in [-0.1, -0.05) is 38.8 Å². The van der Waals surface area contributed by atoms with E-state index in [2.05, 4.69) is 49.8 Å². The van der Waals surface area contributed by atoms with Crippen LogP contribution in [0.3, 0.4) is 0 Å². The van der Waals surface area contributed by atoms with Gasteiger partial charge in [-0.25, -0.2) is 0 Å². The van der Waals surface area contributed by atoms with Crippen molar-refractivity contribution in [2.45, 2.75) is 65.8 Å². The number of hydrogen-bond donors (Lipinski definition) is 2. The van der Waals surface area contributed by atoms with Gasteiger partial charge < -0.3 is 10.6 Å². The molecule has 1 aliphatic heterocycles. The highest BCUT2D eigenvalue weighted by molar-refractivity contribution is 5.80. The maximum absolute atomic E-state index is 4.74. The number of piperidine rings is 1. The molecule has 0 atom stereocenters. The van der Waals surface area contributed by atoms with E-state index in [-0.39, 0.29) is 0 Å². The van der Waals surface area contributed by atoms with Crippen LogP contribution in [0.25, 0.3) is 0 Å². The minimum Gasteiger partial charge on any atom is -0.357 e. The van der Waals surface area contributed by atoms with Crippen molar-refractivity contribution < 1.29 is 0 Å². The lowest BCUT2D eigenvalue weighted by atomic mass is 10.0. The van der Waals surface area contributed by atoms with Gasteiger partial charge in [-0.15, -0.1) is 0 Å². The predicted octanol–water partition coefficient (Wildman–Crippen LogP) is 3.41. The summed E-state index contributed by atoms with van der Waals surface area (Å²) in [6, 6.07) is 0.546. The topological polar surface area (TPSA) is 39.7 Å². The van der Waals surface area contributed by atoms with E-state index in [0.717, 1.165) is 44.6 Å². The molecule has 0 spiro atoms. The molecule has 0 aromatic carbocycles. The summed E-state index contributed by atoms with van der Waals surface area (Å²) >= 11 is 0. The Bertz CT molecular complexity index is 354. The van der Waals surface area contributed by atoms with Gasteiger partial charge in [0.2, 0.25) is 0 Å². The summed E-state index contributed by atoms with van der Waals surface area (Å²) in [6.45, 7) is 18.0. The number of guanidine groups is 1. The maximum Gasteiger partial charge on any atom is 0.191 e. The first kappa shape index (κ1) is 20.0. The van der Waals surface area contributed by atoms with Crippen LogP contribution >= 0.6 is 0 Å². The van der Waals surface area contributed by atoms with E-state index in [1.807, 2.05) is 0 Å². The van der Waals surface area contributed by atoms with Gasteiger partial charge in [0.15, 0.2) is 5.96 Å². The third-order valence-electron chi connectivity index (χ3n) is 4.23. The Kier molecular flexibility index (Phi) is 10.0. The fourth-order valence-corrected chi connectivity index (χ4v) is 2.99. The van der Waals surface area contributed by atoms with Crippen LogP contribution in [0.4, 0.5) is 0 Å². The Balaban J connectivity index is 2.31. The number of rotatable bonds is 9. The molecule has 1 fully saturated rings. The van der Waals surface area contributed by atoms with Crippen LogP contribution in [0, 0.1) is 5.92 Å². The van der Waals surface area contributed by atoms with E-state index in [9.17, 15) is 0 Å². The fourth-order valence-electron chi connectivity index (χ4n) is 2.99. The third-order valence-corrected chi connectivity index (χ3v) is 4.23. The van der Waals surface area contributed by atoms with Crippen LogP contribution < -0.4 is 10.6 Å². The van der Waals surface area contributed by atoms with Crippen molar-refractivity contribution in [1.82, 2.24) is 15.5 Å². The van der Waals surface area contributed by atoms with E-state index in [1.54, 1.807) is 0 Å². The summed E-state index contributed by atoms with van der Waals surface area (Å²) in [4.78, 5) is 7.24. The Morgan fingerprint density at radius 2 is 1.96 bits per heavy atom. The summed E-state index contributed by atoms with van der Waals surface area (Å²) in [5.74, 6) is 1.80. The van der Waals surface area contributed by atoms with Crippen LogP contribution in [-0.2, 0) is 0 Å². The largest absolute Gasteiger partial charge is 0.357 e. The molecule has 1 rings (SSSR count). The second kappa shape index (κ2) is 11.5. The van der Waals surface area contributed by atoms with Crippen molar-refractivity contribution >= 4 is 5.96 Å². The molecule has 0 aromatic rings. The average Bonchev–Trinajstić information content (AvgIpc) is 2.48.